The zero-order chi connectivity index (χ0) is 14.7. The molecule has 1 aliphatic heterocycles. The van der Waals surface area contributed by atoms with Crippen LogP contribution in [-0.2, 0) is 0 Å². The highest BCUT2D eigenvalue weighted by Gasteiger charge is 2.27. The molecule has 3 nitrogen and oxygen atoms in total. The van der Waals surface area contributed by atoms with Crippen LogP contribution >= 0.6 is 0 Å². The maximum Gasteiger partial charge on any atom is 0.160 e. The summed E-state index contributed by atoms with van der Waals surface area (Å²) in [5.74, 6) is -1.40. The molecule has 3 atom stereocenters. The van der Waals surface area contributed by atoms with Gasteiger partial charge in [-0.25, -0.2) is 8.78 Å². The lowest BCUT2D eigenvalue weighted by Gasteiger charge is -2.38. The fraction of sp³-hybridized carbons (Fsp3) is 0.600. The molecule has 1 aromatic carbocycles. The van der Waals surface area contributed by atoms with Gasteiger partial charge in [0, 0.05) is 30.9 Å². The van der Waals surface area contributed by atoms with E-state index < -0.39 is 11.6 Å². The standard InChI is InChI=1S/C15H22F2N2O/c1-2-13(20)6-10-5-11(18)9-19(8-10)12-3-4-14(16)15(17)7-12/h3-4,7,10-11,13,20H,2,5-6,8-9,18H2,1H3. The Morgan fingerprint density at radius 2 is 2.10 bits per heavy atom. The van der Waals surface area contributed by atoms with Crippen molar-refractivity contribution in [3.63, 3.8) is 0 Å². The minimum atomic E-state index is -0.841. The minimum Gasteiger partial charge on any atom is -0.393 e. The van der Waals surface area contributed by atoms with Crippen LogP contribution in [0.25, 0.3) is 0 Å². The fourth-order valence-electron chi connectivity index (χ4n) is 2.86. The van der Waals surface area contributed by atoms with Crippen molar-refractivity contribution in [1.82, 2.24) is 0 Å². The van der Waals surface area contributed by atoms with Crippen LogP contribution in [0.4, 0.5) is 14.5 Å². The second-order valence-electron chi connectivity index (χ2n) is 5.66. The van der Waals surface area contributed by atoms with E-state index in [1.807, 2.05) is 11.8 Å². The summed E-state index contributed by atoms with van der Waals surface area (Å²) >= 11 is 0. The van der Waals surface area contributed by atoms with Crippen molar-refractivity contribution in [2.75, 3.05) is 18.0 Å². The molecule has 0 spiro atoms. The maximum atomic E-state index is 13.3. The Kier molecular flexibility index (Phi) is 4.94. The van der Waals surface area contributed by atoms with Crippen LogP contribution in [0, 0.1) is 17.6 Å². The predicted molar refractivity (Wildman–Crippen MR) is 75.6 cm³/mol. The average molecular weight is 284 g/mol. The minimum absolute atomic E-state index is 0.00841. The van der Waals surface area contributed by atoms with Gasteiger partial charge >= 0.3 is 0 Å². The molecule has 3 N–H and O–H groups in total. The molecular weight excluding hydrogens is 262 g/mol. The number of hydrogen-bond acceptors (Lipinski definition) is 3. The molecule has 0 aromatic heterocycles. The molecule has 1 aliphatic rings. The number of nitrogens with two attached hydrogens (primary N) is 1. The third-order valence-electron chi connectivity index (χ3n) is 3.91. The van der Waals surface area contributed by atoms with Crippen molar-refractivity contribution in [3.8, 4) is 0 Å². The van der Waals surface area contributed by atoms with Crippen LogP contribution in [-0.4, -0.2) is 30.3 Å². The largest absolute Gasteiger partial charge is 0.393 e. The molecule has 1 heterocycles. The molecule has 0 aliphatic carbocycles. The number of aliphatic hydroxyl groups excluding tert-OH is 1. The van der Waals surface area contributed by atoms with Gasteiger partial charge in [-0.15, -0.1) is 0 Å². The van der Waals surface area contributed by atoms with E-state index in [-0.39, 0.29) is 18.1 Å². The zero-order valence-electron chi connectivity index (χ0n) is 11.7. The van der Waals surface area contributed by atoms with Gasteiger partial charge in [0.05, 0.1) is 6.10 Å². The molecule has 1 saturated heterocycles. The Bertz CT molecular complexity index is 455. The summed E-state index contributed by atoms with van der Waals surface area (Å²) in [5.41, 5.74) is 6.70. The molecule has 0 bridgehead atoms. The van der Waals surface area contributed by atoms with Gasteiger partial charge < -0.3 is 15.7 Å². The summed E-state index contributed by atoms with van der Waals surface area (Å²) in [5, 5.41) is 9.76. The molecule has 2 rings (SSSR count). The van der Waals surface area contributed by atoms with Gasteiger partial charge in [0.25, 0.3) is 0 Å². The maximum absolute atomic E-state index is 13.3. The normalized spacial score (nSPS) is 24.8. The Hall–Kier alpha value is -1.20. The van der Waals surface area contributed by atoms with E-state index in [4.69, 9.17) is 5.73 Å². The number of piperidine rings is 1. The number of hydrogen-bond donors (Lipinski definition) is 2. The lowest BCUT2D eigenvalue weighted by Crippen LogP contribution is -2.47. The first-order valence-corrected chi connectivity index (χ1v) is 7.13. The molecule has 112 valence electrons. The van der Waals surface area contributed by atoms with E-state index in [2.05, 4.69) is 0 Å². The summed E-state index contributed by atoms with van der Waals surface area (Å²) in [6.07, 6.45) is 1.95. The van der Waals surface area contributed by atoms with Crippen LogP contribution in [0.15, 0.2) is 18.2 Å². The second kappa shape index (κ2) is 6.50. The highest BCUT2D eigenvalue weighted by Crippen LogP contribution is 2.27. The van der Waals surface area contributed by atoms with Gasteiger partial charge in [-0.1, -0.05) is 6.92 Å². The summed E-state index contributed by atoms with van der Waals surface area (Å²) in [6, 6.07) is 3.91. The number of aliphatic hydroxyl groups is 1. The smallest absolute Gasteiger partial charge is 0.160 e. The zero-order valence-corrected chi connectivity index (χ0v) is 11.7. The SMILES string of the molecule is CCC(O)CC1CC(N)CN(c2ccc(F)c(F)c2)C1. The van der Waals surface area contributed by atoms with E-state index in [1.165, 1.54) is 6.07 Å². The first-order chi connectivity index (χ1) is 9.49. The Morgan fingerprint density at radius 3 is 2.75 bits per heavy atom. The first-order valence-electron chi connectivity index (χ1n) is 7.13. The molecule has 5 heteroatoms. The van der Waals surface area contributed by atoms with Gasteiger partial charge in [0.2, 0.25) is 0 Å². The molecule has 1 fully saturated rings. The monoisotopic (exact) mass is 284 g/mol. The van der Waals surface area contributed by atoms with Crippen molar-refractivity contribution in [2.24, 2.45) is 11.7 Å². The number of nitrogens with zero attached hydrogens (tertiary/aromatic N) is 1. The molecule has 20 heavy (non-hydrogen) atoms. The third-order valence-corrected chi connectivity index (χ3v) is 3.91. The van der Waals surface area contributed by atoms with Gasteiger partial charge in [-0.2, -0.15) is 0 Å². The highest BCUT2D eigenvalue weighted by atomic mass is 19.2. The lowest BCUT2D eigenvalue weighted by molar-refractivity contribution is 0.131. The summed E-state index contributed by atoms with van der Waals surface area (Å²) in [6.45, 7) is 3.29. The number of benzene rings is 1. The molecule has 0 amide bonds. The fourth-order valence-corrected chi connectivity index (χ4v) is 2.86. The van der Waals surface area contributed by atoms with Crippen molar-refractivity contribution in [1.29, 1.82) is 0 Å². The number of anilines is 1. The first kappa shape index (κ1) is 15.2. The number of rotatable bonds is 4. The Balaban J connectivity index is 2.08. The van der Waals surface area contributed by atoms with E-state index in [0.717, 1.165) is 25.5 Å². The van der Waals surface area contributed by atoms with Gasteiger partial charge in [0.15, 0.2) is 11.6 Å². The van der Waals surface area contributed by atoms with Crippen molar-refractivity contribution in [2.45, 2.75) is 38.3 Å². The molecule has 1 aromatic rings. The van der Waals surface area contributed by atoms with E-state index in [9.17, 15) is 13.9 Å². The summed E-state index contributed by atoms with van der Waals surface area (Å²) in [4.78, 5) is 1.98. The summed E-state index contributed by atoms with van der Waals surface area (Å²) < 4.78 is 26.3. The highest BCUT2D eigenvalue weighted by molar-refractivity contribution is 5.47. The number of halogens is 2. The van der Waals surface area contributed by atoms with E-state index >= 15 is 0 Å². The average Bonchev–Trinajstić information content (AvgIpc) is 2.41. The summed E-state index contributed by atoms with van der Waals surface area (Å²) in [7, 11) is 0. The van der Waals surface area contributed by atoms with Crippen LogP contribution < -0.4 is 10.6 Å². The molecule has 0 radical (unpaired) electrons. The van der Waals surface area contributed by atoms with Crippen molar-refractivity contribution >= 4 is 5.69 Å². The van der Waals surface area contributed by atoms with Crippen LogP contribution in [0.3, 0.4) is 0 Å². The van der Waals surface area contributed by atoms with Gasteiger partial charge in [-0.05, 0) is 37.3 Å². The van der Waals surface area contributed by atoms with Gasteiger partial charge in [-0.3, -0.25) is 0 Å². The van der Waals surface area contributed by atoms with Crippen molar-refractivity contribution in [3.05, 3.63) is 29.8 Å². The van der Waals surface area contributed by atoms with E-state index in [1.54, 1.807) is 6.07 Å². The quantitative estimate of drug-likeness (QED) is 0.892. The molecule has 3 unspecified atom stereocenters. The van der Waals surface area contributed by atoms with Crippen LogP contribution in [0.1, 0.15) is 26.2 Å². The Morgan fingerprint density at radius 1 is 1.35 bits per heavy atom. The molecule has 0 saturated carbocycles. The second-order valence-corrected chi connectivity index (χ2v) is 5.66. The van der Waals surface area contributed by atoms with Gasteiger partial charge in [0.1, 0.15) is 0 Å². The Labute approximate surface area is 118 Å². The lowest BCUT2D eigenvalue weighted by atomic mass is 9.89. The van der Waals surface area contributed by atoms with Crippen LogP contribution in [0.5, 0.6) is 0 Å². The predicted octanol–water partition coefficient (Wildman–Crippen LogP) is 2.28. The topological polar surface area (TPSA) is 49.5 Å². The van der Waals surface area contributed by atoms with Crippen LogP contribution in [0.2, 0.25) is 0 Å². The molecular formula is C15H22F2N2O. The van der Waals surface area contributed by atoms with Crippen molar-refractivity contribution < 1.29 is 13.9 Å². The van der Waals surface area contributed by atoms with E-state index in [0.29, 0.717) is 18.7 Å². The third kappa shape index (κ3) is 3.67.